The molecule has 0 aliphatic carbocycles. The molecular formula is C16H14ClNO3. The normalized spacial score (nSPS) is 10.0. The van der Waals surface area contributed by atoms with E-state index in [0.717, 1.165) is 5.56 Å². The van der Waals surface area contributed by atoms with E-state index in [1.165, 1.54) is 7.11 Å². The van der Waals surface area contributed by atoms with Gasteiger partial charge >= 0.3 is 5.97 Å². The fourth-order valence-corrected chi connectivity index (χ4v) is 2.06. The van der Waals surface area contributed by atoms with Crippen LogP contribution in [0.5, 0.6) is 0 Å². The maximum atomic E-state index is 12.2. The molecule has 2 aromatic rings. The fraction of sp³-hybridized carbons (Fsp3) is 0.125. The van der Waals surface area contributed by atoms with Crippen molar-refractivity contribution in [3.05, 3.63) is 64.2 Å². The molecule has 0 saturated carbocycles. The van der Waals surface area contributed by atoms with Gasteiger partial charge in [-0.05, 0) is 36.8 Å². The number of amides is 1. The van der Waals surface area contributed by atoms with Gasteiger partial charge in [0, 0.05) is 5.69 Å². The zero-order valence-electron chi connectivity index (χ0n) is 11.6. The van der Waals surface area contributed by atoms with Gasteiger partial charge in [0.1, 0.15) is 0 Å². The molecule has 21 heavy (non-hydrogen) atoms. The summed E-state index contributed by atoms with van der Waals surface area (Å²) in [5.41, 5.74) is 2.13. The lowest BCUT2D eigenvalue weighted by atomic mass is 10.1. The molecule has 0 aliphatic heterocycles. The molecule has 0 fully saturated rings. The summed E-state index contributed by atoms with van der Waals surface area (Å²) in [5.74, 6) is -0.783. The zero-order chi connectivity index (χ0) is 15.4. The molecule has 1 amide bonds. The van der Waals surface area contributed by atoms with E-state index < -0.39 is 5.97 Å². The van der Waals surface area contributed by atoms with Gasteiger partial charge in [-0.3, -0.25) is 4.79 Å². The van der Waals surface area contributed by atoms with Crippen LogP contribution in [0.4, 0.5) is 5.69 Å². The summed E-state index contributed by atoms with van der Waals surface area (Å²) >= 11 is 5.99. The molecule has 1 N–H and O–H groups in total. The molecule has 108 valence electrons. The van der Waals surface area contributed by atoms with Crippen molar-refractivity contribution in [2.24, 2.45) is 0 Å². The summed E-state index contributed by atoms with van der Waals surface area (Å²) in [7, 11) is 1.31. The first-order chi connectivity index (χ1) is 10.0. The molecule has 0 saturated heterocycles. The van der Waals surface area contributed by atoms with Crippen molar-refractivity contribution >= 4 is 29.2 Å². The second-order valence-electron chi connectivity index (χ2n) is 4.46. The van der Waals surface area contributed by atoms with Crippen LogP contribution in [0, 0.1) is 6.92 Å². The number of hydrogen-bond acceptors (Lipinski definition) is 3. The van der Waals surface area contributed by atoms with Crippen LogP contribution in [0.25, 0.3) is 0 Å². The Labute approximate surface area is 127 Å². The lowest BCUT2D eigenvalue weighted by Crippen LogP contribution is -2.14. The molecule has 0 heterocycles. The van der Waals surface area contributed by atoms with E-state index in [9.17, 15) is 9.59 Å². The van der Waals surface area contributed by atoms with E-state index in [1.54, 1.807) is 42.5 Å². The first kappa shape index (κ1) is 15.1. The summed E-state index contributed by atoms with van der Waals surface area (Å²) in [6.45, 7) is 1.84. The lowest BCUT2D eigenvalue weighted by Gasteiger charge is -2.10. The highest BCUT2D eigenvalue weighted by Crippen LogP contribution is 2.21. The predicted octanol–water partition coefficient (Wildman–Crippen LogP) is 3.69. The van der Waals surface area contributed by atoms with Crippen LogP contribution in [0.15, 0.2) is 42.5 Å². The van der Waals surface area contributed by atoms with Crippen LogP contribution >= 0.6 is 11.6 Å². The highest BCUT2D eigenvalue weighted by atomic mass is 35.5. The average Bonchev–Trinajstić information content (AvgIpc) is 2.49. The molecular weight excluding hydrogens is 290 g/mol. The standard InChI is InChI=1S/C16H14ClNO3/c1-10-7-8-11(16(20)21-2)9-14(10)18-15(19)12-5-3-4-6-13(12)17/h3-9H,1-2H3,(H,18,19). The van der Waals surface area contributed by atoms with Gasteiger partial charge < -0.3 is 10.1 Å². The Hall–Kier alpha value is -2.33. The quantitative estimate of drug-likeness (QED) is 0.880. The lowest BCUT2D eigenvalue weighted by molar-refractivity contribution is 0.0600. The summed E-state index contributed by atoms with van der Waals surface area (Å²) in [5, 5.41) is 3.13. The molecule has 0 spiro atoms. The van der Waals surface area contributed by atoms with Gasteiger partial charge in [0.25, 0.3) is 5.91 Å². The Morgan fingerprint density at radius 1 is 1.14 bits per heavy atom. The van der Waals surface area contributed by atoms with Gasteiger partial charge in [-0.25, -0.2) is 4.79 Å². The molecule has 0 aromatic heterocycles. The molecule has 0 atom stereocenters. The van der Waals surface area contributed by atoms with Gasteiger partial charge in [-0.15, -0.1) is 0 Å². The van der Waals surface area contributed by atoms with Crippen molar-refractivity contribution < 1.29 is 14.3 Å². The molecule has 2 rings (SSSR count). The van der Waals surface area contributed by atoms with Crippen molar-refractivity contribution in [3.63, 3.8) is 0 Å². The largest absolute Gasteiger partial charge is 0.465 e. The number of benzene rings is 2. The van der Waals surface area contributed by atoms with E-state index >= 15 is 0 Å². The smallest absolute Gasteiger partial charge is 0.337 e. The van der Waals surface area contributed by atoms with Crippen molar-refractivity contribution in [2.45, 2.75) is 6.92 Å². The zero-order valence-corrected chi connectivity index (χ0v) is 12.4. The second kappa shape index (κ2) is 6.41. The second-order valence-corrected chi connectivity index (χ2v) is 4.86. The third kappa shape index (κ3) is 3.41. The number of carbonyl (C=O) groups excluding carboxylic acids is 2. The van der Waals surface area contributed by atoms with Crippen molar-refractivity contribution in [3.8, 4) is 0 Å². The maximum absolute atomic E-state index is 12.2. The van der Waals surface area contributed by atoms with Gasteiger partial charge in [-0.1, -0.05) is 29.8 Å². The minimum absolute atomic E-state index is 0.328. The van der Waals surface area contributed by atoms with Crippen molar-refractivity contribution in [1.82, 2.24) is 0 Å². The SMILES string of the molecule is COC(=O)c1ccc(C)c(NC(=O)c2ccccc2Cl)c1. The van der Waals surface area contributed by atoms with E-state index in [0.29, 0.717) is 21.8 Å². The molecule has 0 unspecified atom stereocenters. The minimum atomic E-state index is -0.455. The van der Waals surface area contributed by atoms with Gasteiger partial charge in [0.05, 0.1) is 23.3 Å². The topological polar surface area (TPSA) is 55.4 Å². The monoisotopic (exact) mass is 303 g/mol. The number of hydrogen-bond donors (Lipinski definition) is 1. The first-order valence-corrected chi connectivity index (χ1v) is 6.65. The number of halogens is 1. The molecule has 0 radical (unpaired) electrons. The van der Waals surface area contributed by atoms with Crippen LogP contribution in [0.1, 0.15) is 26.3 Å². The van der Waals surface area contributed by atoms with Crippen molar-refractivity contribution in [1.29, 1.82) is 0 Å². The fourth-order valence-electron chi connectivity index (χ4n) is 1.84. The van der Waals surface area contributed by atoms with Crippen LogP contribution < -0.4 is 5.32 Å². The number of aryl methyl sites for hydroxylation is 1. The Morgan fingerprint density at radius 3 is 2.52 bits per heavy atom. The van der Waals surface area contributed by atoms with Crippen LogP contribution in [0.2, 0.25) is 5.02 Å². The van der Waals surface area contributed by atoms with E-state index in [4.69, 9.17) is 11.6 Å². The van der Waals surface area contributed by atoms with Gasteiger partial charge in [0.15, 0.2) is 0 Å². The Kier molecular flexibility index (Phi) is 4.60. The summed E-state index contributed by atoms with van der Waals surface area (Å²) < 4.78 is 4.67. The third-order valence-corrected chi connectivity index (χ3v) is 3.35. The maximum Gasteiger partial charge on any atom is 0.337 e. The Balaban J connectivity index is 2.29. The third-order valence-electron chi connectivity index (χ3n) is 3.03. The highest BCUT2D eigenvalue weighted by Gasteiger charge is 2.13. The minimum Gasteiger partial charge on any atom is -0.465 e. The number of anilines is 1. The van der Waals surface area contributed by atoms with Gasteiger partial charge in [-0.2, -0.15) is 0 Å². The Morgan fingerprint density at radius 2 is 1.86 bits per heavy atom. The van der Waals surface area contributed by atoms with Crippen LogP contribution in [0.3, 0.4) is 0 Å². The average molecular weight is 304 g/mol. The summed E-state index contributed by atoms with van der Waals surface area (Å²) in [4.78, 5) is 23.8. The number of rotatable bonds is 3. The first-order valence-electron chi connectivity index (χ1n) is 6.27. The van der Waals surface area contributed by atoms with E-state index in [1.807, 2.05) is 6.92 Å². The number of nitrogens with one attached hydrogen (secondary N) is 1. The van der Waals surface area contributed by atoms with E-state index in [-0.39, 0.29) is 5.91 Å². The number of methoxy groups -OCH3 is 1. The van der Waals surface area contributed by atoms with Crippen LogP contribution in [-0.4, -0.2) is 19.0 Å². The van der Waals surface area contributed by atoms with Gasteiger partial charge in [0.2, 0.25) is 0 Å². The summed E-state index contributed by atoms with van der Waals surface area (Å²) in [6.07, 6.45) is 0. The highest BCUT2D eigenvalue weighted by molar-refractivity contribution is 6.34. The molecule has 2 aromatic carbocycles. The van der Waals surface area contributed by atoms with Crippen LogP contribution in [-0.2, 0) is 4.74 Å². The number of carbonyl (C=O) groups is 2. The Bertz CT molecular complexity index is 698. The molecule has 5 heteroatoms. The van der Waals surface area contributed by atoms with Crippen molar-refractivity contribution in [2.75, 3.05) is 12.4 Å². The van der Waals surface area contributed by atoms with E-state index in [2.05, 4.69) is 10.1 Å². The molecule has 4 nitrogen and oxygen atoms in total. The number of ether oxygens (including phenoxy) is 1. The molecule has 0 bridgehead atoms. The predicted molar refractivity (Wildman–Crippen MR) is 81.9 cm³/mol. The number of esters is 1. The summed E-state index contributed by atoms with van der Waals surface area (Å²) in [6, 6.07) is 11.7. The molecule has 0 aliphatic rings.